The molecule has 6 aromatic rings. The van der Waals surface area contributed by atoms with Crippen LogP contribution in [0.15, 0.2) is 158 Å². The van der Waals surface area contributed by atoms with Crippen molar-refractivity contribution < 1.29 is 0 Å². The molecule has 0 spiro atoms. The maximum atomic E-state index is 2.31. The van der Waals surface area contributed by atoms with Crippen molar-refractivity contribution in [2.45, 2.75) is 27.7 Å². The number of para-hydroxylation sites is 1. The smallest absolute Gasteiger partial charge is 0.0607 e. The third kappa shape index (κ3) is 5.84. The molecule has 2 nitrogen and oxygen atoms in total. The Hall–Kier alpha value is -5.08. The van der Waals surface area contributed by atoms with E-state index in [9.17, 15) is 0 Å². The van der Waals surface area contributed by atoms with E-state index in [0.29, 0.717) is 0 Å². The fourth-order valence-electron chi connectivity index (χ4n) is 5.39. The van der Waals surface area contributed by atoms with Crippen LogP contribution in [-0.4, -0.2) is 4.40 Å². The van der Waals surface area contributed by atoms with Crippen molar-refractivity contribution in [2.24, 2.45) is 0 Å². The minimum atomic E-state index is 1.12. The minimum Gasteiger partial charge on any atom is -0.316 e. The van der Waals surface area contributed by atoms with Gasteiger partial charge < -0.3 is 9.30 Å². The largest absolute Gasteiger partial charge is 0.316 e. The van der Waals surface area contributed by atoms with E-state index >= 15 is 0 Å². The van der Waals surface area contributed by atoms with Crippen LogP contribution in [0.1, 0.15) is 33.3 Å². The molecule has 0 saturated heterocycles. The third-order valence-corrected chi connectivity index (χ3v) is 7.29. The van der Waals surface area contributed by atoms with Gasteiger partial charge in [0.05, 0.1) is 5.69 Å². The minimum absolute atomic E-state index is 1.12. The average Bonchev–Trinajstić information content (AvgIpc) is 3.46. The summed E-state index contributed by atoms with van der Waals surface area (Å²) < 4.78 is 2.29. The molecule has 0 bridgehead atoms. The van der Waals surface area contributed by atoms with E-state index in [1.54, 1.807) is 0 Å². The number of anilines is 3. The van der Waals surface area contributed by atoms with Crippen LogP contribution < -0.4 is 4.90 Å². The van der Waals surface area contributed by atoms with Crippen LogP contribution in [0.5, 0.6) is 0 Å². The zero-order chi connectivity index (χ0) is 29.3. The van der Waals surface area contributed by atoms with E-state index in [1.165, 1.54) is 39.0 Å². The number of benzene rings is 4. The first kappa shape index (κ1) is 28.4. The Morgan fingerprint density at radius 1 is 0.595 bits per heavy atom. The molecule has 0 unspecified atom stereocenters. The predicted molar refractivity (Wildman–Crippen MR) is 183 cm³/mol. The third-order valence-electron chi connectivity index (χ3n) is 7.29. The van der Waals surface area contributed by atoms with Crippen LogP contribution in [0.25, 0.3) is 33.5 Å². The molecule has 0 aliphatic heterocycles. The van der Waals surface area contributed by atoms with Crippen LogP contribution >= 0.6 is 0 Å². The Bertz CT molecular complexity index is 1770. The van der Waals surface area contributed by atoms with Gasteiger partial charge in [0.25, 0.3) is 0 Å². The van der Waals surface area contributed by atoms with E-state index in [2.05, 4.69) is 181 Å². The number of hydrogen-bond donors (Lipinski definition) is 0. The topological polar surface area (TPSA) is 7.65 Å². The summed E-state index contributed by atoms with van der Waals surface area (Å²) in [6.07, 6.45) is 8.53. The Morgan fingerprint density at radius 3 is 1.79 bits per heavy atom. The molecule has 0 atom stereocenters. The second-order valence-electron chi connectivity index (χ2n) is 9.78. The van der Waals surface area contributed by atoms with E-state index in [-0.39, 0.29) is 0 Å². The highest BCUT2D eigenvalue weighted by atomic mass is 15.1. The van der Waals surface area contributed by atoms with Crippen molar-refractivity contribution in [1.82, 2.24) is 4.40 Å². The molecular formula is C40H38N2. The maximum Gasteiger partial charge on any atom is 0.0607 e. The SMILES string of the molecule is C/C=C\C(=C/C)c1ccc(N(c2ccccc2)c2ccc(-c3c(-c4ccccc4)cc4ccccn34)cc2)cc1.CC. The molecule has 4 aromatic carbocycles. The molecule has 0 fully saturated rings. The second kappa shape index (κ2) is 13.5. The lowest BCUT2D eigenvalue weighted by Gasteiger charge is -2.26. The first-order chi connectivity index (χ1) is 20.8. The highest BCUT2D eigenvalue weighted by molar-refractivity contribution is 5.88. The first-order valence-corrected chi connectivity index (χ1v) is 14.8. The summed E-state index contributed by atoms with van der Waals surface area (Å²) in [5.41, 5.74) is 11.8. The summed E-state index contributed by atoms with van der Waals surface area (Å²) in [6.45, 7) is 8.14. The van der Waals surface area contributed by atoms with Gasteiger partial charge in [0.15, 0.2) is 0 Å². The highest BCUT2D eigenvalue weighted by Crippen LogP contribution is 2.39. The lowest BCUT2D eigenvalue weighted by molar-refractivity contribution is 1.20. The van der Waals surface area contributed by atoms with Gasteiger partial charge in [-0.2, -0.15) is 0 Å². The van der Waals surface area contributed by atoms with Gasteiger partial charge in [-0.1, -0.05) is 111 Å². The van der Waals surface area contributed by atoms with E-state index in [0.717, 1.165) is 17.1 Å². The number of hydrogen-bond acceptors (Lipinski definition) is 1. The van der Waals surface area contributed by atoms with Crippen LogP contribution in [0.2, 0.25) is 0 Å². The predicted octanol–water partition coefficient (Wildman–Crippen LogP) is 11.7. The Kier molecular flexibility index (Phi) is 9.16. The molecule has 0 N–H and O–H groups in total. The van der Waals surface area contributed by atoms with Crippen molar-refractivity contribution in [3.8, 4) is 22.4 Å². The molecule has 42 heavy (non-hydrogen) atoms. The van der Waals surface area contributed by atoms with Gasteiger partial charge in [-0.15, -0.1) is 0 Å². The van der Waals surface area contributed by atoms with Gasteiger partial charge >= 0.3 is 0 Å². The standard InChI is InChI=1S/C38H32N2.C2H6/c1-3-13-29(4-2)30-19-23-34(24-20-30)40(33-16-9-6-10-17-33)35-25-21-32(22-26-35)38-37(31-14-7-5-8-15-31)28-36-18-11-12-27-39(36)38;1-2/h3-28H,1-2H3;1-2H3/b13-3-,29-4+;. The van der Waals surface area contributed by atoms with E-state index in [4.69, 9.17) is 0 Å². The van der Waals surface area contributed by atoms with Gasteiger partial charge in [-0.05, 0) is 90.7 Å². The monoisotopic (exact) mass is 546 g/mol. The normalized spacial score (nSPS) is 11.4. The van der Waals surface area contributed by atoms with Crippen LogP contribution in [0.3, 0.4) is 0 Å². The fourth-order valence-corrected chi connectivity index (χ4v) is 5.39. The van der Waals surface area contributed by atoms with Gasteiger partial charge in [0.1, 0.15) is 0 Å². The lowest BCUT2D eigenvalue weighted by Crippen LogP contribution is -2.09. The van der Waals surface area contributed by atoms with Gasteiger partial charge in [0.2, 0.25) is 0 Å². The molecule has 0 amide bonds. The number of rotatable bonds is 7. The van der Waals surface area contributed by atoms with Crippen molar-refractivity contribution in [3.63, 3.8) is 0 Å². The van der Waals surface area contributed by atoms with E-state index in [1.807, 2.05) is 13.8 Å². The summed E-state index contributed by atoms with van der Waals surface area (Å²) in [6, 6.07) is 47.6. The summed E-state index contributed by atoms with van der Waals surface area (Å²) in [5, 5.41) is 0. The molecule has 0 saturated carbocycles. The summed E-state index contributed by atoms with van der Waals surface area (Å²) in [5.74, 6) is 0. The van der Waals surface area contributed by atoms with E-state index < -0.39 is 0 Å². The molecule has 2 heteroatoms. The summed E-state index contributed by atoms with van der Waals surface area (Å²) in [7, 11) is 0. The molecule has 0 aliphatic rings. The zero-order valence-electron chi connectivity index (χ0n) is 24.9. The quantitative estimate of drug-likeness (QED) is 0.181. The van der Waals surface area contributed by atoms with Gasteiger partial charge in [0, 0.05) is 34.3 Å². The molecule has 0 aliphatic carbocycles. The molecular weight excluding hydrogens is 508 g/mol. The Balaban J connectivity index is 0.00000173. The number of pyridine rings is 1. The molecule has 0 radical (unpaired) electrons. The average molecular weight is 547 g/mol. The number of nitrogens with zero attached hydrogens (tertiary/aromatic N) is 2. The maximum absolute atomic E-state index is 2.31. The van der Waals surface area contributed by atoms with Crippen molar-refractivity contribution in [1.29, 1.82) is 0 Å². The summed E-state index contributed by atoms with van der Waals surface area (Å²) in [4.78, 5) is 2.31. The summed E-state index contributed by atoms with van der Waals surface area (Å²) >= 11 is 0. The van der Waals surface area contributed by atoms with Gasteiger partial charge in [-0.25, -0.2) is 0 Å². The second-order valence-corrected chi connectivity index (χ2v) is 9.78. The number of allylic oxidation sites excluding steroid dienone is 4. The molecule has 208 valence electrons. The molecule has 2 aromatic heterocycles. The first-order valence-electron chi connectivity index (χ1n) is 14.8. The Labute approximate surface area is 250 Å². The van der Waals surface area contributed by atoms with Crippen LogP contribution in [-0.2, 0) is 0 Å². The zero-order valence-corrected chi connectivity index (χ0v) is 24.9. The lowest BCUT2D eigenvalue weighted by atomic mass is 10.0. The molecule has 2 heterocycles. The number of fused-ring (bicyclic) bond motifs is 1. The molecule has 6 rings (SSSR count). The fraction of sp³-hybridized carbons (Fsp3) is 0.100. The number of aromatic nitrogens is 1. The van der Waals surface area contributed by atoms with Crippen LogP contribution in [0.4, 0.5) is 17.1 Å². The van der Waals surface area contributed by atoms with Crippen molar-refractivity contribution in [3.05, 3.63) is 163 Å². The van der Waals surface area contributed by atoms with Gasteiger partial charge in [-0.3, -0.25) is 0 Å². The highest BCUT2D eigenvalue weighted by Gasteiger charge is 2.16. The van der Waals surface area contributed by atoms with Crippen LogP contribution in [0, 0.1) is 0 Å². The van der Waals surface area contributed by atoms with Crippen molar-refractivity contribution in [2.75, 3.05) is 4.90 Å². The van der Waals surface area contributed by atoms with Crippen molar-refractivity contribution >= 4 is 28.2 Å². The Morgan fingerprint density at radius 2 is 1.17 bits per heavy atom.